The van der Waals surface area contributed by atoms with Crippen molar-refractivity contribution in [3.05, 3.63) is 70.5 Å². The molecule has 6 rings (SSSR count). The molecule has 220 valence electrons. The van der Waals surface area contributed by atoms with Crippen LogP contribution in [-0.2, 0) is 9.53 Å². The van der Waals surface area contributed by atoms with Crippen LogP contribution in [-0.4, -0.2) is 61.1 Å². The van der Waals surface area contributed by atoms with E-state index in [1.165, 1.54) is 6.20 Å². The van der Waals surface area contributed by atoms with Gasteiger partial charge in [-0.2, -0.15) is 0 Å². The van der Waals surface area contributed by atoms with Crippen LogP contribution in [0.15, 0.2) is 54.7 Å². The smallest absolute Gasteiger partial charge is 0.358 e. The molecule has 43 heavy (non-hydrogen) atoms. The molecular formula is C30H28Cl2N8O3. The molecule has 0 atom stereocenters. The first kappa shape index (κ1) is 28.6. The number of nitrogens with zero attached hydrogens (tertiary/aromatic N) is 6. The van der Waals surface area contributed by atoms with Crippen LogP contribution in [0.3, 0.4) is 0 Å². The van der Waals surface area contributed by atoms with E-state index in [0.717, 1.165) is 5.69 Å². The van der Waals surface area contributed by atoms with Crippen LogP contribution in [0.1, 0.15) is 37.2 Å². The second-order valence-corrected chi connectivity index (χ2v) is 11.4. The second kappa shape index (κ2) is 11.3. The number of aromatic amines is 1. The third-order valence-electron chi connectivity index (χ3n) is 7.72. The van der Waals surface area contributed by atoms with E-state index < -0.39 is 11.4 Å². The van der Waals surface area contributed by atoms with Crippen molar-refractivity contribution in [1.29, 1.82) is 0 Å². The average Bonchev–Trinajstić information content (AvgIpc) is 3.64. The van der Waals surface area contributed by atoms with Crippen LogP contribution in [0.25, 0.3) is 39.9 Å². The number of hydrogen-bond acceptors (Lipinski definition) is 8. The number of halogens is 2. The minimum Gasteiger partial charge on any atom is -0.461 e. The van der Waals surface area contributed by atoms with E-state index in [-0.39, 0.29) is 29.9 Å². The summed E-state index contributed by atoms with van der Waals surface area (Å²) in [5.41, 5.74) is 7.71. The van der Waals surface area contributed by atoms with Crippen molar-refractivity contribution in [2.24, 2.45) is 11.1 Å². The zero-order valence-electron chi connectivity index (χ0n) is 23.5. The lowest BCUT2D eigenvalue weighted by molar-refractivity contribution is -0.127. The number of benzene rings is 2. The quantitative estimate of drug-likeness (QED) is 0.229. The van der Waals surface area contributed by atoms with Gasteiger partial charge >= 0.3 is 5.97 Å². The summed E-state index contributed by atoms with van der Waals surface area (Å²) in [6, 6.07) is 14.8. The van der Waals surface area contributed by atoms with Gasteiger partial charge in [0.15, 0.2) is 34.3 Å². The topological polar surface area (TPSA) is 145 Å². The maximum absolute atomic E-state index is 12.4. The van der Waals surface area contributed by atoms with Crippen LogP contribution in [0.5, 0.6) is 0 Å². The highest BCUT2D eigenvalue weighted by Crippen LogP contribution is 2.38. The normalized spacial score (nSPS) is 14.7. The number of H-pyrrole nitrogens is 1. The number of esters is 1. The number of ether oxygens (including phenoxy) is 1. The summed E-state index contributed by atoms with van der Waals surface area (Å²) in [5.74, 6) is 0.773. The summed E-state index contributed by atoms with van der Waals surface area (Å²) in [6.07, 6.45) is 2.56. The van der Waals surface area contributed by atoms with Crippen molar-refractivity contribution in [3.8, 4) is 28.7 Å². The number of rotatable bonds is 7. The van der Waals surface area contributed by atoms with E-state index in [1.807, 2.05) is 41.8 Å². The van der Waals surface area contributed by atoms with Crippen LogP contribution < -0.4 is 10.6 Å². The van der Waals surface area contributed by atoms with Gasteiger partial charge in [-0.3, -0.25) is 9.36 Å². The van der Waals surface area contributed by atoms with Gasteiger partial charge in [0.1, 0.15) is 5.82 Å². The van der Waals surface area contributed by atoms with Gasteiger partial charge in [-0.15, -0.1) is 0 Å². The first-order chi connectivity index (χ1) is 20.7. The Kier molecular flexibility index (Phi) is 7.53. The molecule has 0 radical (unpaired) electrons. The molecule has 1 amide bonds. The van der Waals surface area contributed by atoms with Gasteiger partial charge in [-0.25, -0.2) is 24.7 Å². The van der Waals surface area contributed by atoms with E-state index >= 15 is 0 Å². The molecular weight excluding hydrogens is 591 g/mol. The highest BCUT2D eigenvalue weighted by Gasteiger charge is 2.37. The molecule has 0 unspecified atom stereocenters. The van der Waals surface area contributed by atoms with E-state index in [9.17, 15) is 9.59 Å². The molecule has 13 heteroatoms. The molecule has 1 fully saturated rings. The van der Waals surface area contributed by atoms with E-state index in [2.05, 4.69) is 14.9 Å². The SMILES string of the molecule is CCOC(=O)c1c[nH]c(-c2nc(N3CCC(C)(C(N)=O)CC3)c3nc(-c4ccccc4Cl)n(-c4ccc(Cl)cc4)c3n2)n1. The van der Waals surface area contributed by atoms with Crippen LogP contribution in [0.4, 0.5) is 5.82 Å². The van der Waals surface area contributed by atoms with Gasteiger partial charge in [0, 0.05) is 41.0 Å². The Bertz CT molecular complexity index is 1840. The molecule has 1 aliphatic heterocycles. The third kappa shape index (κ3) is 5.30. The number of aromatic nitrogens is 6. The number of imidazole rings is 2. The fraction of sp³-hybridized carbons (Fsp3) is 0.267. The van der Waals surface area contributed by atoms with E-state index in [4.69, 9.17) is 48.6 Å². The number of anilines is 1. The fourth-order valence-electron chi connectivity index (χ4n) is 5.13. The average molecular weight is 620 g/mol. The molecule has 0 bridgehead atoms. The van der Waals surface area contributed by atoms with E-state index in [0.29, 0.717) is 64.3 Å². The molecule has 1 saturated heterocycles. The van der Waals surface area contributed by atoms with Gasteiger partial charge in [0.05, 0.1) is 11.6 Å². The second-order valence-electron chi connectivity index (χ2n) is 10.5. The number of primary amides is 1. The summed E-state index contributed by atoms with van der Waals surface area (Å²) >= 11 is 12.9. The number of nitrogens with one attached hydrogen (secondary N) is 1. The van der Waals surface area contributed by atoms with Gasteiger partial charge < -0.3 is 20.4 Å². The lowest BCUT2D eigenvalue weighted by Gasteiger charge is -2.37. The minimum absolute atomic E-state index is 0.111. The van der Waals surface area contributed by atoms with Crippen molar-refractivity contribution in [2.45, 2.75) is 26.7 Å². The third-order valence-corrected chi connectivity index (χ3v) is 8.31. The highest BCUT2D eigenvalue weighted by atomic mass is 35.5. The lowest BCUT2D eigenvalue weighted by Crippen LogP contribution is -2.45. The molecule has 1 aliphatic rings. The lowest BCUT2D eigenvalue weighted by atomic mass is 9.80. The minimum atomic E-state index is -0.619. The number of carbonyl (C=O) groups excluding carboxylic acids is 2. The molecule has 3 aromatic heterocycles. The summed E-state index contributed by atoms with van der Waals surface area (Å²) in [5, 5.41) is 1.10. The molecule has 4 heterocycles. The monoisotopic (exact) mass is 618 g/mol. The summed E-state index contributed by atoms with van der Waals surface area (Å²) in [7, 11) is 0. The number of hydrogen-bond donors (Lipinski definition) is 2. The summed E-state index contributed by atoms with van der Waals surface area (Å²) in [6.45, 7) is 4.88. The van der Waals surface area contributed by atoms with Crippen LogP contribution >= 0.6 is 23.2 Å². The van der Waals surface area contributed by atoms with Crippen LogP contribution in [0, 0.1) is 5.41 Å². The Labute approximate surface area is 257 Å². The molecule has 0 spiro atoms. The number of nitrogens with two attached hydrogens (primary N) is 1. The van der Waals surface area contributed by atoms with Crippen LogP contribution in [0.2, 0.25) is 10.0 Å². The number of amides is 1. The zero-order valence-corrected chi connectivity index (χ0v) is 25.0. The molecule has 3 N–H and O–H groups in total. The Balaban J connectivity index is 1.59. The van der Waals surface area contributed by atoms with Gasteiger partial charge in [0.25, 0.3) is 0 Å². The van der Waals surface area contributed by atoms with Crippen molar-refractivity contribution < 1.29 is 14.3 Å². The number of carbonyl (C=O) groups is 2. The van der Waals surface area contributed by atoms with Gasteiger partial charge in [-0.05, 0) is 56.2 Å². The summed E-state index contributed by atoms with van der Waals surface area (Å²) < 4.78 is 7.01. The van der Waals surface area contributed by atoms with Crippen molar-refractivity contribution in [2.75, 3.05) is 24.6 Å². The maximum atomic E-state index is 12.4. The first-order valence-electron chi connectivity index (χ1n) is 13.8. The Morgan fingerprint density at radius 3 is 2.42 bits per heavy atom. The standard InChI is InChI=1S/C30H28Cl2N8O3/c1-3-43-28(41)21-16-34-23(35-21)24-37-26(39-14-12-30(2,13-15-39)29(33)42)22-27(38-24)40(18-10-8-17(31)9-11-18)25(36-22)19-6-4-5-7-20(19)32/h4-11,16H,3,12-15H2,1-2H3,(H2,33,42)(H,34,35). The van der Waals surface area contributed by atoms with Gasteiger partial charge in [0.2, 0.25) is 5.91 Å². The predicted octanol–water partition coefficient (Wildman–Crippen LogP) is 5.45. The number of piperidine rings is 1. The molecule has 2 aromatic carbocycles. The Morgan fingerprint density at radius 1 is 1.02 bits per heavy atom. The van der Waals surface area contributed by atoms with Gasteiger partial charge in [-0.1, -0.05) is 42.3 Å². The predicted molar refractivity (Wildman–Crippen MR) is 164 cm³/mol. The van der Waals surface area contributed by atoms with Crippen molar-refractivity contribution in [1.82, 2.24) is 29.5 Å². The Hall–Kier alpha value is -4.48. The van der Waals surface area contributed by atoms with E-state index in [1.54, 1.807) is 25.1 Å². The molecule has 0 aliphatic carbocycles. The highest BCUT2D eigenvalue weighted by molar-refractivity contribution is 6.33. The Morgan fingerprint density at radius 2 is 1.74 bits per heavy atom. The maximum Gasteiger partial charge on any atom is 0.358 e. The van der Waals surface area contributed by atoms with Crippen molar-refractivity contribution in [3.63, 3.8) is 0 Å². The molecule has 11 nitrogen and oxygen atoms in total. The zero-order chi connectivity index (χ0) is 30.3. The first-order valence-corrected chi connectivity index (χ1v) is 14.5. The largest absolute Gasteiger partial charge is 0.461 e. The van der Waals surface area contributed by atoms with Crippen molar-refractivity contribution >= 4 is 52.1 Å². The molecule has 5 aromatic rings. The summed E-state index contributed by atoms with van der Waals surface area (Å²) in [4.78, 5) is 48.9. The molecule has 0 saturated carbocycles. The fourth-order valence-corrected chi connectivity index (χ4v) is 5.48. The number of fused-ring (bicyclic) bond motifs is 1.